The second-order valence-electron chi connectivity index (χ2n) is 2.22. The number of nitrogen functional groups attached to an aromatic ring is 1. The largest absolute Gasteiger partial charge is 0.396 e. The van der Waals surface area contributed by atoms with E-state index in [9.17, 15) is 13.2 Å². The molecule has 1 aromatic carbocycles. The lowest BCUT2D eigenvalue weighted by molar-refractivity contribution is 0.448. The SMILES string of the molecule is CC.Cc1cc(F)c(F)c(F)c1N. The van der Waals surface area contributed by atoms with Crippen LogP contribution in [-0.2, 0) is 0 Å². The Morgan fingerprint density at radius 3 is 2.00 bits per heavy atom. The summed E-state index contributed by atoms with van der Waals surface area (Å²) in [5.74, 6) is -4.05. The molecule has 4 heteroatoms. The smallest absolute Gasteiger partial charge is 0.196 e. The van der Waals surface area contributed by atoms with Gasteiger partial charge in [-0.1, -0.05) is 13.8 Å². The van der Waals surface area contributed by atoms with Gasteiger partial charge in [0.2, 0.25) is 0 Å². The molecule has 0 saturated carbocycles. The molecule has 1 rings (SSSR count). The maximum absolute atomic E-state index is 12.5. The van der Waals surface area contributed by atoms with Crippen molar-refractivity contribution in [1.82, 2.24) is 0 Å². The van der Waals surface area contributed by atoms with Gasteiger partial charge in [0.1, 0.15) is 0 Å². The highest BCUT2D eigenvalue weighted by Gasteiger charge is 2.13. The lowest BCUT2D eigenvalue weighted by Gasteiger charge is -2.02. The molecular weight excluding hydrogens is 179 g/mol. The molecule has 1 nitrogen and oxygen atoms in total. The second-order valence-corrected chi connectivity index (χ2v) is 2.22. The highest BCUT2D eigenvalue weighted by molar-refractivity contribution is 5.47. The van der Waals surface area contributed by atoms with Crippen LogP contribution in [-0.4, -0.2) is 0 Å². The summed E-state index contributed by atoms with van der Waals surface area (Å²) >= 11 is 0. The third-order valence-corrected chi connectivity index (χ3v) is 1.41. The minimum atomic E-state index is -1.52. The maximum atomic E-state index is 12.5. The number of rotatable bonds is 0. The Morgan fingerprint density at radius 1 is 1.08 bits per heavy atom. The first-order chi connectivity index (χ1) is 6.04. The number of hydrogen-bond donors (Lipinski definition) is 1. The van der Waals surface area contributed by atoms with Crippen LogP contribution in [0.4, 0.5) is 18.9 Å². The van der Waals surface area contributed by atoms with Crippen molar-refractivity contribution in [3.8, 4) is 0 Å². The molecule has 74 valence electrons. The van der Waals surface area contributed by atoms with Gasteiger partial charge in [0, 0.05) is 0 Å². The number of hydrogen-bond acceptors (Lipinski definition) is 1. The van der Waals surface area contributed by atoms with Crippen LogP contribution in [0.1, 0.15) is 19.4 Å². The normalized spacial score (nSPS) is 9.08. The van der Waals surface area contributed by atoms with Gasteiger partial charge in [-0.15, -0.1) is 0 Å². The number of benzene rings is 1. The van der Waals surface area contributed by atoms with Gasteiger partial charge in [-0.2, -0.15) is 0 Å². The molecule has 0 aliphatic heterocycles. The molecule has 0 atom stereocenters. The Kier molecular flexibility index (Phi) is 4.31. The number of nitrogens with two attached hydrogens (primary N) is 1. The highest BCUT2D eigenvalue weighted by Crippen LogP contribution is 2.20. The Hall–Kier alpha value is -1.19. The molecule has 0 unspecified atom stereocenters. The van der Waals surface area contributed by atoms with Crippen LogP contribution in [0.15, 0.2) is 6.07 Å². The van der Waals surface area contributed by atoms with E-state index in [0.29, 0.717) is 0 Å². The van der Waals surface area contributed by atoms with Crippen molar-refractivity contribution < 1.29 is 13.2 Å². The summed E-state index contributed by atoms with van der Waals surface area (Å²) in [7, 11) is 0. The van der Waals surface area contributed by atoms with Crippen molar-refractivity contribution in [2.45, 2.75) is 20.8 Å². The zero-order valence-electron chi connectivity index (χ0n) is 7.79. The molecule has 0 aromatic heterocycles. The van der Waals surface area contributed by atoms with E-state index < -0.39 is 17.5 Å². The van der Waals surface area contributed by atoms with Crippen LogP contribution < -0.4 is 5.73 Å². The Balaban J connectivity index is 0.000000671. The first-order valence-electron chi connectivity index (χ1n) is 3.93. The van der Waals surface area contributed by atoms with E-state index >= 15 is 0 Å². The average molecular weight is 191 g/mol. The minimum absolute atomic E-state index is 0.196. The highest BCUT2D eigenvalue weighted by atomic mass is 19.2. The van der Waals surface area contributed by atoms with Crippen molar-refractivity contribution in [3.05, 3.63) is 29.1 Å². The minimum Gasteiger partial charge on any atom is -0.396 e. The van der Waals surface area contributed by atoms with Gasteiger partial charge in [-0.05, 0) is 18.6 Å². The van der Waals surface area contributed by atoms with Crippen LogP contribution in [0.25, 0.3) is 0 Å². The van der Waals surface area contributed by atoms with Crippen LogP contribution in [0.2, 0.25) is 0 Å². The fourth-order valence-electron chi connectivity index (χ4n) is 0.727. The first kappa shape index (κ1) is 11.8. The summed E-state index contributed by atoms with van der Waals surface area (Å²) in [5.41, 5.74) is 4.92. The quantitative estimate of drug-likeness (QED) is 0.495. The molecular formula is C9H12F3N. The van der Waals surface area contributed by atoms with Gasteiger partial charge in [0.05, 0.1) is 5.69 Å². The molecule has 0 heterocycles. The molecule has 0 spiro atoms. The third-order valence-electron chi connectivity index (χ3n) is 1.41. The molecule has 13 heavy (non-hydrogen) atoms. The molecule has 1 aromatic rings. The summed E-state index contributed by atoms with van der Waals surface area (Å²) < 4.78 is 37.2. The van der Waals surface area contributed by atoms with Gasteiger partial charge in [0.15, 0.2) is 17.5 Å². The molecule has 0 aliphatic rings. The Bertz CT molecular complexity index is 271. The predicted molar refractivity (Wildman–Crippen MR) is 46.8 cm³/mol. The van der Waals surface area contributed by atoms with E-state index in [2.05, 4.69) is 0 Å². The summed E-state index contributed by atoms with van der Waals surface area (Å²) in [5, 5.41) is 0. The molecule has 0 fully saturated rings. The van der Waals surface area contributed by atoms with Crippen LogP contribution in [0.3, 0.4) is 0 Å². The fourth-order valence-corrected chi connectivity index (χ4v) is 0.727. The van der Waals surface area contributed by atoms with E-state index in [1.165, 1.54) is 6.92 Å². The fraction of sp³-hybridized carbons (Fsp3) is 0.333. The standard InChI is InChI=1S/C7H6F3N.C2H6/c1-3-2-4(8)5(9)6(10)7(3)11;1-2/h2H,11H2,1H3;1-2H3. The summed E-state index contributed by atoms with van der Waals surface area (Å²) in [6, 6.07) is 0.855. The van der Waals surface area contributed by atoms with E-state index in [1.807, 2.05) is 13.8 Å². The van der Waals surface area contributed by atoms with E-state index in [-0.39, 0.29) is 11.3 Å². The first-order valence-corrected chi connectivity index (χ1v) is 3.93. The number of aryl methyl sites for hydroxylation is 1. The lowest BCUT2D eigenvalue weighted by atomic mass is 10.2. The zero-order valence-corrected chi connectivity index (χ0v) is 7.79. The summed E-state index contributed by atoms with van der Waals surface area (Å²) in [4.78, 5) is 0. The van der Waals surface area contributed by atoms with Crippen molar-refractivity contribution in [2.24, 2.45) is 0 Å². The van der Waals surface area contributed by atoms with Gasteiger partial charge in [0.25, 0.3) is 0 Å². The zero-order chi connectivity index (χ0) is 10.6. The second kappa shape index (κ2) is 4.74. The van der Waals surface area contributed by atoms with Crippen LogP contribution in [0.5, 0.6) is 0 Å². The Morgan fingerprint density at radius 2 is 1.54 bits per heavy atom. The van der Waals surface area contributed by atoms with Crippen molar-refractivity contribution in [2.75, 3.05) is 5.73 Å². The van der Waals surface area contributed by atoms with Crippen molar-refractivity contribution in [3.63, 3.8) is 0 Å². The van der Waals surface area contributed by atoms with Gasteiger partial charge in [-0.3, -0.25) is 0 Å². The molecule has 0 aliphatic carbocycles. The predicted octanol–water partition coefficient (Wildman–Crippen LogP) is 3.02. The molecule has 2 N–H and O–H groups in total. The van der Waals surface area contributed by atoms with Gasteiger partial charge < -0.3 is 5.73 Å². The van der Waals surface area contributed by atoms with Gasteiger partial charge in [-0.25, -0.2) is 13.2 Å². The topological polar surface area (TPSA) is 26.0 Å². The summed E-state index contributed by atoms with van der Waals surface area (Å²) in [6.07, 6.45) is 0. The average Bonchev–Trinajstić information content (AvgIpc) is 2.15. The summed E-state index contributed by atoms with van der Waals surface area (Å²) in [6.45, 7) is 5.40. The molecule has 0 saturated heterocycles. The molecule has 0 bridgehead atoms. The number of halogens is 3. The lowest BCUT2D eigenvalue weighted by Crippen LogP contribution is -2.00. The maximum Gasteiger partial charge on any atom is 0.196 e. The van der Waals surface area contributed by atoms with Crippen LogP contribution >= 0.6 is 0 Å². The van der Waals surface area contributed by atoms with Gasteiger partial charge >= 0.3 is 0 Å². The molecule has 0 amide bonds. The monoisotopic (exact) mass is 191 g/mol. The Labute approximate surface area is 75.4 Å². The van der Waals surface area contributed by atoms with E-state index in [1.54, 1.807) is 0 Å². The van der Waals surface area contributed by atoms with Crippen LogP contribution in [0, 0.1) is 24.4 Å². The van der Waals surface area contributed by atoms with E-state index in [0.717, 1.165) is 6.07 Å². The van der Waals surface area contributed by atoms with Crippen molar-refractivity contribution >= 4 is 5.69 Å². The number of anilines is 1. The third kappa shape index (κ3) is 2.37. The van der Waals surface area contributed by atoms with Crippen molar-refractivity contribution in [1.29, 1.82) is 0 Å². The van der Waals surface area contributed by atoms with E-state index in [4.69, 9.17) is 5.73 Å². The molecule has 0 radical (unpaired) electrons.